The van der Waals surface area contributed by atoms with E-state index >= 15 is 0 Å². The molecule has 3 heteroatoms. The number of hydrogen-bond acceptors (Lipinski definition) is 2. The van der Waals surface area contributed by atoms with Gasteiger partial charge in [0.05, 0.1) is 0 Å². The van der Waals surface area contributed by atoms with Crippen molar-refractivity contribution in [2.45, 2.75) is 38.6 Å². The van der Waals surface area contributed by atoms with E-state index in [9.17, 15) is 4.79 Å². The van der Waals surface area contributed by atoms with Gasteiger partial charge in [-0.25, -0.2) is 0 Å². The number of amides is 1. The second kappa shape index (κ2) is 6.62. The first-order valence-electron chi connectivity index (χ1n) is 5.90. The van der Waals surface area contributed by atoms with Gasteiger partial charge in [-0.1, -0.05) is 12.5 Å². The molecule has 1 rings (SSSR count). The third-order valence-corrected chi connectivity index (χ3v) is 2.91. The Hall–Kier alpha value is -0.830. The molecule has 1 aliphatic heterocycles. The number of rotatable bonds is 5. The van der Waals surface area contributed by atoms with Crippen LogP contribution in [-0.2, 0) is 4.79 Å². The summed E-state index contributed by atoms with van der Waals surface area (Å²) in [5.41, 5.74) is 0. The highest BCUT2D eigenvalue weighted by atomic mass is 16.2. The molecule has 15 heavy (non-hydrogen) atoms. The minimum Gasteiger partial charge on any atom is -0.341 e. The van der Waals surface area contributed by atoms with Gasteiger partial charge >= 0.3 is 0 Å². The number of nitrogens with zero attached hydrogens (tertiary/aromatic N) is 1. The first-order valence-corrected chi connectivity index (χ1v) is 5.90. The predicted octanol–water partition coefficient (Wildman–Crippen LogP) is 1.55. The van der Waals surface area contributed by atoms with Crippen molar-refractivity contribution in [1.29, 1.82) is 0 Å². The maximum Gasteiger partial charge on any atom is 0.226 e. The molecule has 86 valence electrons. The van der Waals surface area contributed by atoms with Crippen LogP contribution >= 0.6 is 0 Å². The number of likely N-dealkylation sites (N-methyl/N-ethyl adjacent to an activating group) is 1. The molecule has 3 nitrogen and oxygen atoms in total. The van der Waals surface area contributed by atoms with Crippen LogP contribution < -0.4 is 5.32 Å². The molecule has 1 amide bonds. The van der Waals surface area contributed by atoms with E-state index in [0.717, 1.165) is 19.6 Å². The lowest BCUT2D eigenvalue weighted by atomic mass is 10.0. The maximum absolute atomic E-state index is 11.7. The molecule has 1 N–H and O–H groups in total. The first kappa shape index (κ1) is 12.2. The number of piperidine rings is 1. The molecular weight excluding hydrogens is 188 g/mol. The predicted molar refractivity (Wildman–Crippen MR) is 62.7 cm³/mol. The largest absolute Gasteiger partial charge is 0.341 e. The maximum atomic E-state index is 11.7. The molecule has 1 aliphatic rings. The van der Waals surface area contributed by atoms with Crippen LogP contribution in [-0.4, -0.2) is 36.5 Å². The highest BCUT2D eigenvalue weighted by Gasteiger charge is 2.18. The summed E-state index contributed by atoms with van der Waals surface area (Å²) in [7, 11) is 0. The number of hydrogen-bond donors (Lipinski definition) is 1. The number of carbonyl (C=O) groups is 1. The van der Waals surface area contributed by atoms with Gasteiger partial charge < -0.3 is 10.2 Å². The second-order valence-corrected chi connectivity index (χ2v) is 4.07. The van der Waals surface area contributed by atoms with Crippen molar-refractivity contribution in [3.63, 3.8) is 0 Å². The quantitative estimate of drug-likeness (QED) is 0.698. The average Bonchev–Trinajstić information content (AvgIpc) is 2.27. The lowest BCUT2D eigenvalue weighted by molar-refractivity contribution is -0.130. The second-order valence-electron chi connectivity index (χ2n) is 4.07. The van der Waals surface area contributed by atoms with Crippen molar-refractivity contribution in [2.75, 3.05) is 19.6 Å². The lowest BCUT2D eigenvalue weighted by Crippen LogP contribution is -2.45. The van der Waals surface area contributed by atoms with Gasteiger partial charge in [-0.05, 0) is 26.3 Å². The van der Waals surface area contributed by atoms with E-state index in [1.54, 1.807) is 6.08 Å². The number of carbonyl (C=O) groups excluding carboxylic acids is 1. The summed E-state index contributed by atoms with van der Waals surface area (Å²) >= 11 is 0. The molecule has 0 aromatic rings. The van der Waals surface area contributed by atoms with E-state index in [1.165, 1.54) is 19.3 Å². The Morgan fingerprint density at radius 3 is 2.93 bits per heavy atom. The zero-order chi connectivity index (χ0) is 11.1. The molecule has 0 aromatic heterocycles. The normalized spacial score (nSPS) is 21.0. The van der Waals surface area contributed by atoms with Crippen LogP contribution in [0.4, 0.5) is 0 Å². The molecule has 1 fully saturated rings. The molecule has 1 atom stereocenters. The van der Waals surface area contributed by atoms with Gasteiger partial charge in [-0.2, -0.15) is 0 Å². The minimum atomic E-state index is 0.194. The van der Waals surface area contributed by atoms with Crippen molar-refractivity contribution >= 4 is 5.91 Å². The third-order valence-electron chi connectivity index (χ3n) is 2.91. The van der Waals surface area contributed by atoms with Crippen molar-refractivity contribution in [3.05, 3.63) is 12.7 Å². The Bertz CT molecular complexity index is 210. The standard InChI is InChI=1S/C12H22N2O/c1-3-7-12(15)14(4-2)10-11-8-5-6-9-13-11/h3,11,13H,1,4-10H2,2H3. The molecule has 0 aromatic carbocycles. The van der Waals surface area contributed by atoms with Gasteiger partial charge in [-0.3, -0.25) is 4.79 Å². The van der Waals surface area contributed by atoms with Crippen LogP contribution in [0.2, 0.25) is 0 Å². The van der Waals surface area contributed by atoms with Crippen LogP contribution in [0, 0.1) is 0 Å². The fraction of sp³-hybridized carbons (Fsp3) is 0.750. The van der Waals surface area contributed by atoms with Crippen LogP contribution in [0.1, 0.15) is 32.6 Å². The zero-order valence-corrected chi connectivity index (χ0v) is 9.67. The van der Waals surface area contributed by atoms with Crippen LogP contribution in [0.15, 0.2) is 12.7 Å². The molecule has 0 bridgehead atoms. The molecule has 0 radical (unpaired) electrons. The summed E-state index contributed by atoms with van der Waals surface area (Å²) in [6.45, 7) is 8.37. The molecule has 0 aliphatic carbocycles. The molecule has 0 saturated carbocycles. The Labute approximate surface area is 92.5 Å². The molecule has 1 unspecified atom stereocenters. The Balaban J connectivity index is 2.37. The van der Waals surface area contributed by atoms with E-state index < -0.39 is 0 Å². The first-order chi connectivity index (χ1) is 7.27. The van der Waals surface area contributed by atoms with E-state index in [1.807, 2.05) is 11.8 Å². The molecular formula is C12H22N2O. The summed E-state index contributed by atoms with van der Waals surface area (Å²) in [6.07, 6.45) is 5.88. The highest BCUT2D eigenvalue weighted by Crippen LogP contribution is 2.09. The van der Waals surface area contributed by atoms with E-state index in [0.29, 0.717) is 12.5 Å². The van der Waals surface area contributed by atoms with Gasteiger partial charge in [-0.15, -0.1) is 6.58 Å². The van der Waals surface area contributed by atoms with Gasteiger partial charge in [0.2, 0.25) is 5.91 Å². The van der Waals surface area contributed by atoms with Gasteiger partial charge in [0.1, 0.15) is 0 Å². The zero-order valence-electron chi connectivity index (χ0n) is 9.67. The number of nitrogens with one attached hydrogen (secondary N) is 1. The van der Waals surface area contributed by atoms with E-state index in [4.69, 9.17) is 0 Å². The summed E-state index contributed by atoms with van der Waals surface area (Å²) in [6, 6.07) is 0.493. The van der Waals surface area contributed by atoms with Crippen molar-refractivity contribution in [3.8, 4) is 0 Å². The van der Waals surface area contributed by atoms with Crippen LogP contribution in [0.25, 0.3) is 0 Å². The summed E-state index contributed by atoms with van der Waals surface area (Å²) < 4.78 is 0. The summed E-state index contributed by atoms with van der Waals surface area (Å²) in [5.74, 6) is 0.194. The Morgan fingerprint density at radius 1 is 1.60 bits per heavy atom. The van der Waals surface area contributed by atoms with Crippen LogP contribution in [0.5, 0.6) is 0 Å². The molecule has 1 saturated heterocycles. The van der Waals surface area contributed by atoms with Crippen molar-refractivity contribution in [1.82, 2.24) is 10.2 Å². The minimum absolute atomic E-state index is 0.194. The van der Waals surface area contributed by atoms with Gasteiger partial charge in [0.15, 0.2) is 0 Å². The SMILES string of the molecule is C=CCC(=O)N(CC)CC1CCCCN1. The Kier molecular flexibility index (Phi) is 5.40. The fourth-order valence-electron chi connectivity index (χ4n) is 2.01. The average molecular weight is 210 g/mol. The summed E-state index contributed by atoms with van der Waals surface area (Å²) in [5, 5.41) is 3.46. The van der Waals surface area contributed by atoms with Crippen molar-refractivity contribution < 1.29 is 4.79 Å². The fourth-order valence-corrected chi connectivity index (χ4v) is 2.01. The third kappa shape index (κ3) is 4.04. The molecule has 0 spiro atoms. The van der Waals surface area contributed by atoms with Gasteiger partial charge in [0.25, 0.3) is 0 Å². The Morgan fingerprint density at radius 2 is 2.40 bits per heavy atom. The summed E-state index contributed by atoms with van der Waals surface area (Å²) in [4.78, 5) is 13.6. The van der Waals surface area contributed by atoms with Crippen LogP contribution in [0.3, 0.4) is 0 Å². The van der Waals surface area contributed by atoms with Gasteiger partial charge in [0, 0.05) is 25.6 Å². The lowest BCUT2D eigenvalue weighted by Gasteiger charge is -2.29. The molecule has 1 heterocycles. The van der Waals surface area contributed by atoms with Crippen molar-refractivity contribution in [2.24, 2.45) is 0 Å². The van der Waals surface area contributed by atoms with E-state index in [-0.39, 0.29) is 5.91 Å². The monoisotopic (exact) mass is 210 g/mol. The van der Waals surface area contributed by atoms with E-state index in [2.05, 4.69) is 11.9 Å². The topological polar surface area (TPSA) is 32.3 Å². The smallest absolute Gasteiger partial charge is 0.226 e. The highest BCUT2D eigenvalue weighted by molar-refractivity contribution is 5.77.